The van der Waals surface area contributed by atoms with E-state index in [4.69, 9.17) is 22.0 Å². The first-order valence-electron chi connectivity index (χ1n) is 10.2. The molecule has 0 saturated carbocycles. The molecule has 9 nitrogen and oxygen atoms in total. The topological polar surface area (TPSA) is 99.6 Å². The van der Waals surface area contributed by atoms with Crippen molar-refractivity contribution in [2.24, 2.45) is 12.8 Å². The van der Waals surface area contributed by atoms with E-state index in [9.17, 15) is 4.39 Å². The number of ether oxygens (including phenoxy) is 1. The Bertz CT molecular complexity index is 1380. The molecule has 0 saturated heterocycles. The summed E-state index contributed by atoms with van der Waals surface area (Å²) < 4.78 is 23.5. The Morgan fingerprint density at radius 1 is 1.41 bits per heavy atom. The van der Waals surface area contributed by atoms with Crippen LogP contribution in [0.2, 0.25) is 0 Å². The molecule has 0 fully saturated rings. The van der Waals surface area contributed by atoms with Crippen molar-refractivity contribution in [2.75, 3.05) is 11.9 Å². The minimum Gasteiger partial charge on any atom is -0.493 e. The lowest BCUT2D eigenvalue weighted by atomic mass is 10.0. The summed E-state index contributed by atoms with van der Waals surface area (Å²) in [5, 5.41) is 7.44. The molecule has 5 rings (SSSR count). The number of halogens is 1. The zero-order valence-electron chi connectivity index (χ0n) is 17.6. The average Bonchev–Trinajstić information content (AvgIpc) is 3.51. The smallest absolute Gasteiger partial charge is 0.296 e. The van der Waals surface area contributed by atoms with Crippen LogP contribution < -0.4 is 15.8 Å². The van der Waals surface area contributed by atoms with Gasteiger partial charge in [0.25, 0.3) is 5.82 Å². The van der Waals surface area contributed by atoms with Crippen LogP contribution in [-0.4, -0.2) is 30.8 Å². The van der Waals surface area contributed by atoms with Gasteiger partial charge in [0.1, 0.15) is 11.6 Å². The van der Waals surface area contributed by atoms with Gasteiger partial charge < -0.3 is 20.6 Å². The molecular weight excluding hydrogens is 411 g/mol. The van der Waals surface area contributed by atoms with Crippen LogP contribution in [0.3, 0.4) is 0 Å². The van der Waals surface area contributed by atoms with Crippen LogP contribution in [-0.2, 0) is 20.0 Å². The predicted octanol–water partition coefficient (Wildman–Crippen LogP) is 3.39. The fourth-order valence-corrected chi connectivity index (χ4v) is 3.96. The number of nitrogens with zero attached hydrogens (tertiary/aromatic N) is 6. The first kappa shape index (κ1) is 20.0. The van der Waals surface area contributed by atoms with Gasteiger partial charge in [-0.3, -0.25) is 4.40 Å². The van der Waals surface area contributed by atoms with Crippen molar-refractivity contribution in [1.82, 2.24) is 24.1 Å². The third kappa shape index (κ3) is 3.23. The number of rotatable bonds is 5. The van der Waals surface area contributed by atoms with E-state index in [1.54, 1.807) is 34.5 Å². The summed E-state index contributed by atoms with van der Waals surface area (Å²) in [5.74, 6) is 1.24. The van der Waals surface area contributed by atoms with E-state index in [0.29, 0.717) is 47.1 Å². The molecule has 3 N–H and O–H groups in total. The van der Waals surface area contributed by atoms with Crippen molar-refractivity contribution in [3.8, 4) is 17.0 Å². The molecule has 1 unspecified atom stereocenters. The van der Waals surface area contributed by atoms with Crippen LogP contribution in [0, 0.1) is 12.4 Å². The van der Waals surface area contributed by atoms with Crippen LogP contribution in [0.5, 0.6) is 5.75 Å². The van der Waals surface area contributed by atoms with Gasteiger partial charge in [-0.2, -0.15) is 4.68 Å². The molecule has 0 amide bonds. The van der Waals surface area contributed by atoms with Crippen molar-refractivity contribution in [1.29, 1.82) is 0 Å². The summed E-state index contributed by atoms with van der Waals surface area (Å²) in [6.45, 7) is 9.88. The molecular formula is C22H21FN8O. The van der Waals surface area contributed by atoms with Gasteiger partial charge in [-0.25, -0.2) is 14.4 Å². The molecule has 10 heteroatoms. The highest BCUT2D eigenvalue weighted by Crippen LogP contribution is 2.32. The third-order valence-corrected chi connectivity index (χ3v) is 5.60. The molecule has 0 radical (unpaired) electrons. The third-order valence-electron chi connectivity index (χ3n) is 5.60. The normalized spacial score (nSPS) is 13.6. The molecule has 1 aromatic carbocycles. The van der Waals surface area contributed by atoms with Crippen LogP contribution in [0.25, 0.3) is 21.7 Å². The number of benzene rings is 1. The van der Waals surface area contributed by atoms with Gasteiger partial charge in [-0.05, 0) is 30.2 Å². The highest BCUT2D eigenvalue weighted by molar-refractivity contribution is 5.77. The Balaban J connectivity index is 1.57. The van der Waals surface area contributed by atoms with Crippen molar-refractivity contribution < 1.29 is 9.13 Å². The molecule has 3 aromatic heterocycles. The lowest BCUT2D eigenvalue weighted by Crippen LogP contribution is -2.10. The van der Waals surface area contributed by atoms with E-state index in [1.807, 2.05) is 13.1 Å². The van der Waals surface area contributed by atoms with Gasteiger partial charge in [0.05, 0.1) is 30.6 Å². The van der Waals surface area contributed by atoms with Crippen LogP contribution in [0.15, 0.2) is 30.6 Å². The number of nitrogens with two attached hydrogens (primary N) is 1. The standard InChI is InChI=1S/C22H21FN8O/c1-12(24)17-11-31-21(28-17)15(18-8-20(25-2)29-30(18)3)10-27-22(31)26-9-14-13-6-7-32-19(13)5-4-16(14)23/h4-5,8,10-12H,6-7,9,24H2,1,3H3,(H,26,27). The average molecular weight is 432 g/mol. The molecule has 0 bridgehead atoms. The fourth-order valence-electron chi connectivity index (χ4n) is 3.96. The maximum Gasteiger partial charge on any atom is 0.296 e. The number of imidazole rings is 1. The second-order valence-electron chi connectivity index (χ2n) is 7.72. The molecule has 1 atom stereocenters. The first-order valence-corrected chi connectivity index (χ1v) is 10.2. The maximum absolute atomic E-state index is 14.6. The number of fused-ring (bicyclic) bond motifs is 2. The van der Waals surface area contributed by atoms with Crippen molar-refractivity contribution in [3.63, 3.8) is 0 Å². The summed E-state index contributed by atoms with van der Waals surface area (Å²) in [4.78, 5) is 12.7. The summed E-state index contributed by atoms with van der Waals surface area (Å²) in [6.07, 6.45) is 4.17. The summed E-state index contributed by atoms with van der Waals surface area (Å²) >= 11 is 0. The predicted molar refractivity (Wildman–Crippen MR) is 117 cm³/mol. The number of hydrogen-bond acceptors (Lipinski definition) is 6. The van der Waals surface area contributed by atoms with E-state index in [-0.39, 0.29) is 24.2 Å². The number of nitrogens with one attached hydrogen (secondary N) is 1. The molecule has 1 aliphatic rings. The molecule has 0 aliphatic carbocycles. The minimum absolute atomic E-state index is 0.249. The monoisotopic (exact) mass is 432 g/mol. The first-order chi connectivity index (χ1) is 15.5. The largest absolute Gasteiger partial charge is 0.493 e. The summed E-state index contributed by atoms with van der Waals surface area (Å²) in [7, 11) is 1.77. The summed E-state index contributed by atoms with van der Waals surface area (Å²) in [5.41, 5.74) is 10.3. The Hall–Kier alpha value is -3.97. The Morgan fingerprint density at radius 2 is 2.25 bits per heavy atom. The second-order valence-corrected chi connectivity index (χ2v) is 7.72. The minimum atomic E-state index is -0.284. The van der Waals surface area contributed by atoms with Crippen LogP contribution >= 0.6 is 0 Å². The van der Waals surface area contributed by atoms with E-state index >= 15 is 0 Å². The highest BCUT2D eigenvalue weighted by atomic mass is 19.1. The van der Waals surface area contributed by atoms with Gasteiger partial charge in [0.2, 0.25) is 5.95 Å². The SMILES string of the molecule is [C-]#[N+]c1cc(-c2cnc(NCc3c(F)ccc4c3CCO4)n3cc(C(C)N)nc23)n(C)n1. The van der Waals surface area contributed by atoms with Gasteiger partial charge in [0.15, 0.2) is 5.65 Å². The zero-order chi connectivity index (χ0) is 22.4. The van der Waals surface area contributed by atoms with Crippen LogP contribution in [0.1, 0.15) is 29.8 Å². The molecule has 1 aliphatic heterocycles. The van der Waals surface area contributed by atoms with E-state index in [0.717, 1.165) is 11.3 Å². The maximum atomic E-state index is 14.6. The molecule has 0 spiro atoms. The number of hydrogen-bond donors (Lipinski definition) is 2. The molecule has 32 heavy (non-hydrogen) atoms. The van der Waals surface area contributed by atoms with Crippen molar-refractivity contribution in [2.45, 2.75) is 25.9 Å². The fraction of sp³-hybridized carbons (Fsp3) is 0.273. The number of aryl methyl sites for hydroxylation is 1. The lowest BCUT2D eigenvalue weighted by Gasteiger charge is -2.13. The number of aromatic nitrogens is 5. The van der Waals surface area contributed by atoms with E-state index in [2.05, 4.69) is 20.2 Å². The van der Waals surface area contributed by atoms with Crippen molar-refractivity contribution in [3.05, 3.63) is 64.6 Å². The Labute approximate surface area is 183 Å². The zero-order valence-corrected chi connectivity index (χ0v) is 17.6. The molecule has 162 valence electrons. The van der Waals surface area contributed by atoms with Crippen molar-refractivity contribution >= 4 is 17.4 Å². The second kappa shape index (κ2) is 7.62. The molecule has 4 heterocycles. The van der Waals surface area contributed by atoms with E-state index in [1.165, 1.54) is 6.07 Å². The van der Waals surface area contributed by atoms with Crippen LogP contribution in [0.4, 0.5) is 16.2 Å². The van der Waals surface area contributed by atoms with Gasteiger partial charge in [-0.15, -0.1) is 0 Å². The molecule has 4 aromatic rings. The quantitative estimate of drug-likeness (QED) is 0.469. The van der Waals surface area contributed by atoms with Gasteiger partial charge in [-0.1, -0.05) is 6.57 Å². The lowest BCUT2D eigenvalue weighted by molar-refractivity contribution is 0.356. The Kier molecular flexibility index (Phi) is 4.75. The van der Waals surface area contributed by atoms with Gasteiger partial charge >= 0.3 is 0 Å². The summed E-state index contributed by atoms with van der Waals surface area (Å²) in [6, 6.07) is 4.51. The Morgan fingerprint density at radius 3 is 3.00 bits per heavy atom. The number of anilines is 1. The van der Waals surface area contributed by atoms with E-state index < -0.39 is 0 Å². The van der Waals surface area contributed by atoms with Gasteiger partial charge in [0, 0.05) is 42.5 Å². The highest BCUT2D eigenvalue weighted by Gasteiger charge is 2.21.